The molecule has 0 spiro atoms. The van der Waals surface area contributed by atoms with Crippen LogP contribution in [-0.2, 0) is 9.47 Å². The average molecular weight is 341 g/mol. The molecule has 2 saturated heterocycles. The molecule has 132 valence electrons. The zero-order chi connectivity index (χ0) is 17.4. The second kappa shape index (κ2) is 6.69. The molecular weight excluding hydrogens is 318 g/mol. The minimum Gasteiger partial charge on any atom is -0.350 e. The van der Waals surface area contributed by atoms with Crippen molar-refractivity contribution in [1.82, 2.24) is 14.9 Å². The van der Waals surface area contributed by atoms with Gasteiger partial charge >= 0.3 is 0 Å². The van der Waals surface area contributed by atoms with Crippen LogP contribution in [0.25, 0.3) is 11.0 Å². The lowest BCUT2D eigenvalue weighted by Gasteiger charge is -2.33. The number of rotatable bonds is 2. The van der Waals surface area contributed by atoms with Gasteiger partial charge in [-0.1, -0.05) is 0 Å². The van der Waals surface area contributed by atoms with Gasteiger partial charge in [-0.05, 0) is 44.9 Å². The maximum Gasteiger partial charge on any atom is 0.253 e. The van der Waals surface area contributed by atoms with Crippen molar-refractivity contribution in [2.24, 2.45) is 5.92 Å². The van der Waals surface area contributed by atoms with Crippen LogP contribution in [0.15, 0.2) is 18.2 Å². The summed E-state index contributed by atoms with van der Waals surface area (Å²) < 4.78 is 11.2. The lowest BCUT2D eigenvalue weighted by atomic mass is 9.95. The molecule has 2 aliphatic rings. The molecule has 2 fully saturated rings. The number of aryl methyl sites for hydroxylation is 2. The summed E-state index contributed by atoms with van der Waals surface area (Å²) in [5, 5.41) is 0. The molecule has 3 heterocycles. The summed E-state index contributed by atoms with van der Waals surface area (Å²) in [6.45, 7) is 6.73. The number of ether oxygens (including phenoxy) is 2. The van der Waals surface area contributed by atoms with Crippen LogP contribution in [0.1, 0.15) is 34.6 Å². The number of aromatic nitrogens is 2. The van der Waals surface area contributed by atoms with Gasteiger partial charge in [-0.2, -0.15) is 0 Å². The number of carbonyl (C=O) groups excluding carboxylic acids is 1. The first-order chi connectivity index (χ1) is 12.1. The highest BCUT2D eigenvalue weighted by atomic mass is 16.7. The first kappa shape index (κ1) is 16.4. The predicted octanol–water partition coefficient (Wildman–Crippen LogP) is 2.47. The maximum atomic E-state index is 12.8. The van der Waals surface area contributed by atoms with Gasteiger partial charge in [0.25, 0.3) is 5.91 Å². The quantitative estimate of drug-likeness (QED) is 0.840. The van der Waals surface area contributed by atoms with E-state index in [1.807, 2.05) is 36.9 Å². The monoisotopic (exact) mass is 341 g/mol. The Morgan fingerprint density at radius 1 is 1.04 bits per heavy atom. The fraction of sp³-hybridized carbons (Fsp3) is 0.526. The molecular formula is C19H23N3O3. The Kier molecular flexibility index (Phi) is 4.39. The van der Waals surface area contributed by atoms with Crippen LogP contribution < -0.4 is 0 Å². The lowest BCUT2D eigenvalue weighted by molar-refractivity contribution is -0.0956. The molecule has 4 rings (SSSR count). The Morgan fingerprint density at radius 2 is 1.68 bits per heavy atom. The average Bonchev–Trinajstić information content (AvgIpc) is 3.16. The predicted molar refractivity (Wildman–Crippen MR) is 93.3 cm³/mol. The molecule has 0 N–H and O–H groups in total. The van der Waals surface area contributed by atoms with E-state index in [1.54, 1.807) is 0 Å². The van der Waals surface area contributed by atoms with Crippen LogP contribution in [0.5, 0.6) is 0 Å². The maximum absolute atomic E-state index is 12.8. The van der Waals surface area contributed by atoms with Crippen LogP contribution in [-0.4, -0.2) is 53.4 Å². The number of amides is 1. The smallest absolute Gasteiger partial charge is 0.253 e. The minimum absolute atomic E-state index is 0.0636. The van der Waals surface area contributed by atoms with Crippen LogP contribution in [0.3, 0.4) is 0 Å². The molecule has 0 saturated carbocycles. The second-order valence-corrected chi connectivity index (χ2v) is 6.84. The van der Waals surface area contributed by atoms with Gasteiger partial charge in [0.15, 0.2) is 6.29 Å². The van der Waals surface area contributed by atoms with E-state index in [2.05, 4.69) is 9.97 Å². The SMILES string of the molecule is Cc1nc2ccc(C(=O)N3CCC(C4OCCO4)CC3)cc2nc1C. The summed E-state index contributed by atoms with van der Waals surface area (Å²) in [7, 11) is 0. The normalized spacial score (nSPS) is 19.7. The Hall–Kier alpha value is -2.05. The van der Waals surface area contributed by atoms with Gasteiger partial charge in [-0.15, -0.1) is 0 Å². The molecule has 2 aliphatic heterocycles. The van der Waals surface area contributed by atoms with Gasteiger partial charge < -0.3 is 14.4 Å². The summed E-state index contributed by atoms with van der Waals surface area (Å²) in [6, 6.07) is 5.59. The molecule has 0 bridgehead atoms. The number of carbonyl (C=O) groups is 1. The van der Waals surface area contributed by atoms with Gasteiger partial charge in [-0.3, -0.25) is 4.79 Å². The van der Waals surface area contributed by atoms with Crippen molar-refractivity contribution in [3.8, 4) is 0 Å². The third kappa shape index (κ3) is 3.24. The molecule has 0 radical (unpaired) electrons. The molecule has 1 aromatic heterocycles. The largest absolute Gasteiger partial charge is 0.350 e. The summed E-state index contributed by atoms with van der Waals surface area (Å²) in [4.78, 5) is 23.8. The van der Waals surface area contributed by atoms with Crippen molar-refractivity contribution < 1.29 is 14.3 Å². The molecule has 6 heteroatoms. The van der Waals surface area contributed by atoms with Crippen LogP contribution in [0.4, 0.5) is 0 Å². The van der Waals surface area contributed by atoms with Crippen LogP contribution in [0.2, 0.25) is 0 Å². The van der Waals surface area contributed by atoms with E-state index < -0.39 is 0 Å². The summed E-state index contributed by atoms with van der Waals surface area (Å²) in [5.74, 6) is 0.452. The molecule has 1 amide bonds. The van der Waals surface area contributed by atoms with Crippen molar-refractivity contribution >= 4 is 16.9 Å². The zero-order valence-electron chi connectivity index (χ0n) is 14.7. The van der Waals surface area contributed by atoms with Gasteiger partial charge in [0.05, 0.1) is 35.6 Å². The van der Waals surface area contributed by atoms with Crippen LogP contribution >= 0.6 is 0 Å². The highest BCUT2D eigenvalue weighted by molar-refractivity contribution is 5.97. The molecule has 1 aromatic carbocycles. The fourth-order valence-corrected chi connectivity index (χ4v) is 3.57. The van der Waals surface area contributed by atoms with Gasteiger partial charge in [0.1, 0.15) is 0 Å². The second-order valence-electron chi connectivity index (χ2n) is 6.84. The third-order valence-electron chi connectivity index (χ3n) is 5.18. The highest BCUT2D eigenvalue weighted by Crippen LogP contribution is 2.27. The summed E-state index contributed by atoms with van der Waals surface area (Å²) in [6.07, 6.45) is 1.75. The van der Waals surface area contributed by atoms with Gasteiger partial charge in [0.2, 0.25) is 0 Å². The first-order valence-corrected chi connectivity index (χ1v) is 8.89. The first-order valence-electron chi connectivity index (χ1n) is 8.89. The summed E-state index contributed by atoms with van der Waals surface area (Å²) >= 11 is 0. The highest BCUT2D eigenvalue weighted by Gasteiger charge is 2.32. The van der Waals surface area contributed by atoms with Crippen molar-refractivity contribution in [3.63, 3.8) is 0 Å². The number of hydrogen-bond acceptors (Lipinski definition) is 5. The van der Waals surface area contributed by atoms with Crippen molar-refractivity contribution in [2.75, 3.05) is 26.3 Å². The minimum atomic E-state index is -0.0839. The molecule has 6 nitrogen and oxygen atoms in total. The van der Waals surface area contributed by atoms with Crippen LogP contribution in [0, 0.1) is 19.8 Å². The molecule has 2 aromatic rings. The third-order valence-corrected chi connectivity index (χ3v) is 5.18. The number of hydrogen-bond donors (Lipinski definition) is 0. The lowest BCUT2D eigenvalue weighted by Crippen LogP contribution is -2.41. The van der Waals surface area contributed by atoms with Crippen molar-refractivity contribution in [2.45, 2.75) is 33.0 Å². The van der Waals surface area contributed by atoms with E-state index in [0.717, 1.165) is 48.4 Å². The van der Waals surface area contributed by atoms with Gasteiger partial charge in [-0.25, -0.2) is 9.97 Å². The zero-order valence-corrected chi connectivity index (χ0v) is 14.7. The summed E-state index contributed by atoms with van der Waals surface area (Å²) in [5.41, 5.74) is 4.10. The Bertz CT molecular complexity index is 794. The van der Waals surface area contributed by atoms with Gasteiger partial charge in [0, 0.05) is 24.6 Å². The number of piperidine rings is 1. The molecule has 0 atom stereocenters. The van der Waals surface area contributed by atoms with E-state index in [0.29, 0.717) is 24.7 Å². The Morgan fingerprint density at radius 3 is 2.36 bits per heavy atom. The van der Waals surface area contributed by atoms with Crippen molar-refractivity contribution in [3.05, 3.63) is 35.2 Å². The van der Waals surface area contributed by atoms with Crippen molar-refractivity contribution in [1.29, 1.82) is 0 Å². The Labute approximate surface area is 147 Å². The fourth-order valence-electron chi connectivity index (χ4n) is 3.57. The molecule has 25 heavy (non-hydrogen) atoms. The van der Waals surface area contributed by atoms with E-state index in [1.165, 1.54) is 0 Å². The van der Waals surface area contributed by atoms with E-state index >= 15 is 0 Å². The number of nitrogens with zero attached hydrogens (tertiary/aromatic N) is 3. The van der Waals surface area contributed by atoms with E-state index in [9.17, 15) is 4.79 Å². The molecule has 0 aliphatic carbocycles. The topological polar surface area (TPSA) is 64.6 Å². The van der Waals surface area contributed by atoms with E-state index in [4.69, 9.17) is 9.47 Å². The standard InChI is InChI=1S/C19H23N3O3/c1-12-13(2)21-17-11-15(3-4-16(17)20-12)18(23)22-7-5-14(6-8-22)19-24-9-10-25-19/h3-4,11,14,19H,5-10H2,1-2H3. The number of fused-ring (bicyclic) bond motifs is 1. The Balaban J connectivity index is 1.47. The number of benzene rings is 1. The number of likely N-dealkylation sites (tertiary alicyclic amines) is 1. The molecule has 0 unspecified atom stereocenters. The van der Waals surface area contributed by atoms with E-state index in [-0.39, 0.29) is 12.2 Å².